The fourth-order valence-electron chi connectivity index (χ4n) is 3.13. The van der Waals surface area contributed by atoms with Gasteiger partial charge in [-0.1, -0.05) is 60.3 Å². The van der Waals surface area contributed by atoms with Gasteiger partial charge >= 0.3 is 0 Å². The van der Waals surface area contributed by atoms with E-state index in [0.29, 0.717) is 0 Å². The first-order valence-electron chi connectivity index (χ1n) is 7.06. The summed E-state index contributed by atoms with van der Waals surface area (Å²) in [7, 11) is 0. The quantitative estimate of drug-likeness (QED) is 0.570. The molecule has 0 saturated heterocycles. The summed E-state index contributed by atoms with van der Waals surface area (Å²) in [5.74, 6) is 4.79. The van der Waals surface area contributed by atoms with Crippen LogP contribution in [-0.2, 0) is 0 Å². The van der Waals surface area contributed by atoms with Crippen molar-refractivity contribution in [1.82, 2.24) is 0 Å². The normalized spacial score (nSPS) is 23.6. The van der Waals surface area contributed by atoms with Crippen LogP contribution in [-0.4, -0.2) is 0 Å². The van der Waals surface area contributed by atoms with Gasteiger partial charge in [0.25, 0.3) is 0 Å². The van der Waals surface area contributed by atoms with E-state index in [1.807, 2.05) is 0 Å². The Morgan fingerprint density at radius 3 is 2.00 bits per heavy atom. The third-order valence-electron chi connectivity index (χ3n) is 4.69. The highest BCUT2D eigenvalue weighted by Gasteiger charge is 2.32. The van der Waals surface area contributed by atoms with Crippen molar-refractivity contribution in [3.63, 3.8) is 0 Å². The molecule has 0 heteroatoms. The second kappa shape index (κ2) is 5.92. The van der Waals surface area contributed by atoms with E-state index in [1.54, 1.807) is 0 Å². The summed E-state index contributed by atoms with van der Waals surface area (Å²) in [4.78, 5) is 0. The van der Waals surface area contributed by atoms with Gasteiger partial charge in [-0.05, 0) is 36.0 Å². The summed E-state index contributed by atoms with van der Waals surface area (Å²) in [5, 5.41) is 0. The van der Waals surface area contributed by atoms with Crippen molar-refractivity contribution in [3.05, 3.63) is 0 Å². The highest BCUT2D eigenvalue weighted by molar-refractivity contribution is 4.82. The third-order valence-corrected chi connectivity index (χ3v) is 4.69. The van der Waals surface area contributed by atoms with Crippen LogP contribution < -0.4 is 0 Å². The summed E-state index contributed by atoms with van der Waals surface area (Å²) < 4.78 is 0. The Morgan fingerprint density at radius 1 is 1.07 bits per heavy atom. The van der Waals surface area contributed by atoms with Crippen LogP contribution in [0.3, 0.4) is 0 Å². The molecule has 1 saturated carbocycles. The molecule has 1 rings (SSSR count). The molecular formula is C15H30. The van der Waals surface area contributed by atoms with Crippen molar-refractivity contribution >= 4 is 0 Å². The second-order valence-electron chi connectivity index (χ2n) is 6.23. The van der Waals surface area contributed by atoms with Gasteiger partial charge in [-0.25, -0.2) is 0 Å². The summed E-state index contributed by atoms with van der Waals surface area (Å²) in [6.45, 7) is 12.1. The fourth-order valence-corrected chi connectivity index (χ4v) is 3.13. The number of hydrogen-bond acceptors (Lipinski definition) is 0. The van der Waals surface area contributed by atoms with E-state index in [4.69, 9.17) is 0 Å². The number of hydrogen-bond donors (Lipinski definition) is 0. The van der Waals surface area contributed by atoms with Crippen LogP contribution >= 0.6 is 0 Å². The first kappa shape index (κ1) is 13.1. The first-order valence-corrected chi connectivity index (χ1v) is 7.06. The Bertz CT molecular complexity index is 167. The lowest BCUT2D eigenvalue weighted by Gasteiger charge is -2.40. The predicted molar refractivity (Wildman–Crippen MR) is 68.9 cm³/mol. The molecule has 0 spiro atoms. The van der Waals surface area contributed by atoms with Gasteiger partial charge in [-0.2, -0.15) is 0 Å². The van der Waals surface area contributed by atoms with Gasteiger partial charge in [0, 0.05) is 0 Å². The van der Waals surface area contributed by atoms with E-state index in [9.17, 15) is 0 Å². The zero-order valence-electron chi connectivity index (χ0n) is 11.4. The maximum absolute atomic E-state index is 2.52. The van der Waals surface area contributed by atoms with E-state index in [-0.39, 0.29) is 0 Å². The third kappa shape index (κ3) is 3.50. The maximum atomic E-state index is 2.52. The van der Waals surface area contributed by atoms with Gasteiger partial charge < -0.3 is 0 Å². The van der Waals surface area contributed by atoms with Gasteiger partial charge in [0.05, 0.1) is 0 Å². The van der Waals surface area contributed by atoms with Crippen molar-refractivity contribution in [3.8, 4) is 0 Å². The van der Waals surface area contributed by atoms with Crippen LogP contribution in [0.2, 0.25) is 0 Å². The molecule has 15 heavy (non-hydrogen) atoms. The predicted octanol–water partition coefficient (Wildman–Crippen LogP) is 5.13. The van der Waals surface area contributed by atoms with Crippen molar-refractivity contribution < 1.29 is 0 Å². The summed E-state index contributed by atoms with van der Waals surface area (Å²) in [5.41, 5.74) is 0. The van der Waals surface area contributed by atoms with Crippen molar-refractivity contribution in [2.75, 3.05) is 0 Å². The molecule has 0 aliphatic heterocycles. The standard InChI is InChI=1S/C15H30/c1-6-12(4)15(10-11(2)3)13(5)14-8-7-9-14/h11-15H,6-10H2,1-5H3. The van der Waals surface area contributed by atoms with Crippen molar-refractivity contribution in [2.24, 2.45) is 29.6 Å². The van der Waals surface area contributed by atoms with Crippen LogP contribution in [0, 0.1) is 29.6 Å². The maximum Gasteiger partial charge on any atom is -0.0358 e. The highest BCUT2D eigenvalue weighted by Crippen LogP contribution is 2.42. The van der Waals surface area contributed by atoms with Gasteiger partial charge in [0.15, 0.2) is 0 Å². The molecule has 0 bridgehead atoms. The molecular weight excluding hydrogens is 180 g/mol. The highest BCUT2D eigenvalue weighted by atomic mass is 14.4. The summed E-state index contributed by atoms with van der Waals surface area (Å²) in [6, 6.07) is 0. The molecule has 0 heterocycles. The van der Waals surface area contributed by atoms with Crippen LogP contribution in [0.15, 0.2) is 0 Å². The molecule has 1 aliphatic carbocycles. The van der Waals surface area contributed by atoms with Gasteiger partial charge in [0.2, 0.25) is 0 Å². The van der Waals surface area contributed by atoms with Gasteiger partial charge in [0.1, 0.15) is 0 Å². The van der Waals surface area contributed by atoms with E-state index in [2.05, 4.69) is 34.6 Å². The Kier molecular flexibility index (Phi) is 5.15. The topological polar surface area (TPSA) is 0 Å². The SMILES string of the molecule is CCC(C)C(CC(C)C)C(C)C1CCC1. The van der Waals surface area contributed by atoms with E-state index in [1.165, 1.54) is 32.1 Å². The Hall–Kier alpha value is 0. The largest absolute Gasteiger partial charge is 0.0651 e. The molecule has 1 aliphatic rings. The zero-order chi connectivity index (χ0) is 11.4. The zero-order valence-corrected chi connectivity index (χ0v) is 11.4. The molecule has 90 valence electrons. The molecule has 0 amide bonds. The van der Waals surface area contributed by atoms with Gasteiger partial charge in [-0.3, -0.25) is 0 Å². The Balaban J connectivity index is 2.52. The molecule has 0 nitrogen and oxygen atoms in total. The average Bonchev–Trinajstić information content (AvgIpc) is 2.09. The lowest BCUT2D eigenvalue weighted by atomic mass is 9.66. The van der Waals surface area contributed by atoms with Crippen LogP contribution in [0.1, 0.15) is 66.7 Å². The molecule has 1 fully saturated rings. The average molecular weight is 210 g/mol. The molecule has 0 N–H and O–H groups in total. The molecule has 3 atom stereocenters. The molecule has 0 aromatic carbocycles. The number of rotatable bonds is 6. The van der Waals surface area contributed by atoms with Crippen LogP contribution in [0.5, 0.6) is 0 Å². The fraction of sp³-hybridized carbons (Fsp3) is 1.00. The van der Waals surface area contributed by atoms with Crippen molar-refractivity contribution in [1.29, 1.82) is 0 Å². The minimum absolute atomic E-state index is 0.867. The van der Waals surface area contributed by atoms with E-state index >= 15 is 0 Å². The minimum Gasteiger partial charge on any atom is -0.0651 e. The Labute approximate surface area is 96.8 Å². The lowest BCUT2D eigenvalue weighted by Crippen LogP contribution is -2.30. The second-order valence-corrected chi connectivity index (χ2v) is 6.23. The van der Waals surface area contributed by atoms with E-state index < -0.39 is 0 Å². The summed E-state index contributed by atoms with van der Waals surface area (Å²) >= 11 is 0. The van der Waals surface area contributed by atoms with Crippen LogP contribution in [0.4, 0.5) is 0 Å². The molecule has 0 radical (unpaired) electrons. The Morgan fingerprint density at radius 2 is 1.67 bits per heavy atom. The van der Waals surface area contributed by atoms with Gasteiger partial charge in [-0.15, -0.1) is 0 Å². The smallest absolute Gasteiger partial charge is 0.0358 e. The van der Waals surface area contributed by atoms with Crippen LogP contribution in [0.25, 0.3) is 0 Å². The monoisotopic (exact) mass is 210 g/mol. The van der Waals surface area contributed by atoms with E-state index in [0.717, 1.165) is 29.6 Å². The first-order chi connectivity index (χ1) is 7.06. The molecule has 0 aromatic heterocycles. The lowest BCUT2D eigenvalue weighted by molar-refractivity contribution is 0.105. The minimum atomic E-state index is 0.867. The molecule has 3 unspecified atom stereocenters. The molecule has 0 aromatic rings. The summed E-state index contributed by atoms with van der Waals surface area (Å²) in [6.07, 6.45) is 7.30. The van der Waals surface area contributed by atoms with Crippen molar-refractivity contribution in [2.45, 2.75) is 66.7 Å².